The molecule has 0 spiro atoms. The van der Waals surface area contributed by atoms with Gasteiger partial charge in [0.1, 0.15) is 5.82 Å². The fourth-order valence-corrected chi connectivity index (χ4v) is 1.60. The van der Waals surface area contributed by atoms with E-state index in [2.05, 4.69) is 21.2 Å². The van der Waals surface area contributed by atoms with Crippen LogP contribution in [0.5, 0.6) is 0 Å². The Labute approximate surface area is 84.8 Å². The molecule has 0 bridgehead atoms. The smallest absolute Gasteiger partial charge is 0.137 e. The Balaban J connectivity index is 2.34. The van der Waals surface area contributed by atoms with Crippen molar-refractivity contribution in [3.05, 3.63) is 39.6 Å². The Hall–Kier alpha value is -0.670. The molecule has 1 nitrogen and oxygen atoms in total. The van der Waals surface area contributed by atoms with Crippen molar-refractivity contribution in [2.45, 2.75) is 0 Å². The van der Waals surface area contributed by atoms with Crippen molar-refractivity contribution in [2.75, 3.05) is 13.1 Å². The van der Waals surface area contributed by atoms with Crippen molar-refractivity contribution in [3.63, 3.8) is 0 Å². The van der Waals surface area contributed by atoms with Crippen LogP contribution in [0.4, 0.5) is 4.39 Å². The molecule has 68 valence electrons. The second-order valence-electron chi connectivity index (χ2n) is 3.05. The summed E-state index contributed by atoms with van der Waals surface area (Å²) in [4.78, 5) is 0. The first-order valence-corrected chi connectivity index (χ1v) is 4.91. The van der Waals surface area contributed by atoms with Crippen LogP contribution in [0.2, 0.25) is 0 Å². The molecular weight excluding hydrogens is 233 g/mol. The first-order valence-electron chi connectivity index (χ1n) is 4.11. The van der Waals surface area contributed by atoms with Crippen molar-refractivity contribution < 1.29 is 4.39 Å². The van der Waals surface area contributed by atoms with E-state index in [0.717, 1.165) is 18.7 Å². The molecule has 13 heavy (non-hydrogen) atoms. The SMILES string of the molecule is Fc1cccc(C=C2CNC2)c1Br. The summed E-state index contributed by atoms with van der Waals surface area (Å²) < 4.78 is 13.6. The number of nitrogens with one attached hydrogen (secondary N) is 1. The molecule has 0 unspecified atom stereocenters. The summed E-state index contributed by atoms with van der Waals surface area (Å²) >= 11 is 3.22. The first-order chi connectivity index (χ1) is 6.27. The Kier molecular flexibility index (Phi) is 2.47. The maximum atomic E-state index is 13.1. The maximum Gasteiger partial charge on any atom is 0.137 e. The summed E-state index contributed by atoms with van der Waals surface area (Å²) in [6.07, 6.45) is 2.02. The Bertz CT molecular complexity index is 354. The molecular formula is C10H9BrFN. The van der Waals surface area contributed by atoms with Gasteiger partial charge in [0.25, 0.3) is 0 Å². The molecule has 0 saturated carbocycles. The highest BCUT2D eigenvalue weighted by molar-refractivity contribution is 9.10. The number of benzene rings is 1. The topological polar surface area (TPSA) is 12.0 Å². The van der Waals surface area contributed by atoms with Crippen LogP contribution >= 0.6 is 15.9 Å². The molecule has 3 heteroatoms. The molecule has 1 aliphatic heterocycles. The Morgan fingerprint density at radius 2 is 2.15 bits per heavy atom. The fraction of sp³-hybridized carbons (Fsp3) is 0.200. The second kappa shape index (κ2) is 3.60. The molecule has 0 aromatic heterocycles. The molecule has 1 aromatic carbocycles. The number of rotatable bonds is 1. The standard InChI is InChI=1S/C10H9BrFN/c11-10-8(2-1-3-9(10)12)4-7-5-13-6-7/h1-4,13H,5-6H2. The molecule has 0 atom stereocenters. The van der Waals surface area contributed by atoms with Crippen LogP contribution in [0.15, 0.2) is 28.2 Å². The van der Waals surface area contributed by atoms with Crippen LogP contribution in [0, 0.1) is 5.82 Å². The molecule has 1 aliphatic rings. The highest BCUT2D eigenvalue weighted by Crippen LogP contribution is 2.23. The quantitative estimate of drug-likeness (QED) is 0.798. The van der Waals surface area contributed by atoms with Gasteiger partial charge in [-0.15, -0.1) is 0 Å². The van der Waals surface area contributed by atoms with Crippen LogP contribution < -0.4 is 5.32 Å². The highest BCUT2D eigenvalue weighted by atomic mass is 79.9. The summed E-state index contributed by atoms with van der Waals surface area (Å²) in [6.45, 7) is 1.84. The first kappa shape index (κ1) is 8.91. The molecule has 0 aliphatic carbocycles. The number of hydrogen-bond donors (Lipinski definition) is 1. The van der Waals surface area contributed by atoms with Crippen LogP contribution in [0.25, 0.3) is 6.08 Å². The van der Waals surface area contributed by atoms with Crippen LogP contribution in [-0.4, -0.2) is 13.1 Å². The zero-order chi connectivity index (χ0) is 9.26. The van der Waals surface area contributed by atoms with E-state index in [1.165, 1.54) is 11.6 Å². The average molecular weight is 242 g/mol. The zero-order valence-electron chi connectivity index (χ0n) is 6.98. The lowest BCUT2D eigenvalue weighted by molar-refractivity contribution is 0.620. The van der Waals surface area contributed by atoms with E-state index in [0.29, 0.717) is 4.47 Å². The maximum absolute atomic E-state index is 13.1. The van der Waals surface area contributed by atoms with E-state index in [4.69, 9.17) is 0 Å². The predicted molar refractivity (Wildman–Crippen MR) is 54.9 cm³/mol. The van der Waals surface area contributed by atoms with Gasteiger partial charge in [0.05, 0.1) is 4.47 Å². The van der Waals surface area contributed by atoms with Gasteiger partial charge in [0, 0.05) is 13.1 Å². The summed E-state index contributed by atoms with van der Waals surface area (Å²) in [5.41, 5.74) is 2.22. The van der Waals surface area contributed by atoms with Gasteiger partial charge in [0.2, 0.25) is 0 Å². The van der Waals surface area contributed by atoms with Gasteiger partial charge in [-0.25, -0.2) is 4.39 Å². The van der Waals surface area contributed by atoms with Crippen LogP contribution in [0.1, 0.15) is 5.56 Å². The fourth-order valence-electron chi connectivity index (χ4n) is 1.22. The van der Waals surface area contributed by atoms with Gasteiger partial charge in [-0.05, 0) is 33.1 Å². The normalized spacial score (nSPS) is 15.4. The summed E-state index contributed by atoms with van der Waals surface area (Å²) in [6, 6.07) is 5.07. The van der Waals surface area contributed by atoms with Crippen LogP contribution in [0.3, 0.4) is 0 Å². The second-order valence-corrected chi connectivity index (χ2v) is 3.84. The minimum absolute atomic E-state index is 0.207. The average Bonchev–Trinajstić information content (AvgIpc) is 2.04. The summed E-state index contributed by atoms with van der Waals surface area (Å²) in [7, 11) is 0. The third-order valence-corrected chi connectivity index (χ3v) is 2.88. The van der Waals surface area contributed by atoms with Gasteiger partial charge < -0.3 is 5.32 Å². The number of halogens is 2. The van der Waals surface area contributed by atoms with E-state index in [9.17, 15) is 4.39 Å². The Morgan fingerprint density at radius 1 is 1.38 bits per heavy atom. The lowest BCUT2D eigenvalue weighted by atomic mass is 10.1. The van der Waals surface area contributed by atoms with Gasteiger partial charge in [-0.3, -0.25) is 0 Å². The molecule has 1 heterocycles. The minimum atomic E-state index is -0.207. The predicted octanol–water partition coefficient (Wildman–Crippen LogP) is 2.57. The molecule has 1 N–H and O–H groups in total. The van der Waals surface area contributed by atoms with E-state index in [-0.39, 0.29) is 5.82 Å². The van der Waals surface area contributed by atoms with Crippen molar-refractivity contribution >= 4 is 22.0 Å². The van der Waals surface area contributed by atoms with E-state index >= 15 is 0 Å². The van der Waals surface area contributed by atoms with Crippen molar-refractivity contribution in [3.8, 4) is 0 Å². The number of hydrogen-bond acceptors (Lipinski definition) is 1. The third kappa shape index (κ3) is 1.81. The lowest BCUT2D eigenvalue weighted by Crippen LogP contribution is -2.33. The molecule has 0 radical (unpaired) electrons. The third-order valence-electron chi connectivity index (χ3n) is 2.05. The van der Waals surface area contributed by atoms with Crippen molar-refractivity contribution in [2.24, 2.45) is 0 Å². The van der Waals surface area contributed by atoms with Gasteiger partial charge in [-0.1, -0.05) is 18.2 Å². The van der Waals surface area contributed by atoms with E-state index in [1.807, 2.05) is 12.1 Å². The van der Waals surface area contributed by atoms with Gasteiger partial charge in [-0.2, -0.15) is 0 Å². The summed E-state index contributed by atoms with van der Waals surface area (Å²) in [5, 5.41) is 3.14. The highest BCUT2D eigenvalue weighted by Gasteiger charge is 2.09. The Morgan fingerprint density at radius 3 is 2.77 bits per heavy atom. The lowest BCUT2D eigenvalue weighted by Gasteiger charge is -2.18. The molecule has 1 aromatic rings. The van der Waals surface area contributed by atoms with E-state index in [1.54, 1.807) is 6.07 Å². The van der Waals surface area contributed by atoms with E-state index < -0.39 is 0 Å². The summed E-state index contributed by atoms with van der Waals surface area (Å²) in [5.74, 6) is -0.207. The van der Waals surface area contributed by atoms with Gasteiger partial charge >= 0.3 is 0 Å². The van der Waals surface area contributed by atoms with Gasteiger partial charge in [0.15, 0.2) is 0 Å². The molecule has 1 fully saturated rings. The largest absolute Gasteiger partial charge is 0.309 e. The van der Waals surface area contributed by atoms with Crippen molar-refractivity contribution in [1.29, 1.82) is 0 Å². The molecule has 1 saturated heterocycles. The van der Waals surface area contributed by atoms with Crippen molar-refractivity contribution in [1.82, 2.24) is 5.32 Å². The monoisotopic (exact) mass is 241 g/mol. The minimum Gasteiger partial charge on any atom is -0.309 e. The zero-order valence-corrected chi connectivity index (χ0v) is 8.57. The molecule has 2 rings (SSSR count). The van der Waals surface area contributed by atoms with Crippen LogP contribution in [-0.2, 0) is 0 Å². The molecule has 0 amide bonds.